The van der Waals surface area contributed by atoms with E-state index in [-0.39, 0.29) is 40.6 Å². The van der Waals surface area contributed by atoms with E-state index in [1.807, 2.05) is 76.2 Å². The first-order valence-corrected chi connectivity index (χ1v) is 36.6. The van der Waals surface area contributed by atoms with Gasteiger partial charge in [-0.05, 0) is 22.7 Å². The zero-order chi connectivity index (χ0) is 29.4. The van der Waals surface area contributed by atoms with Crippen LogP contribution < -0.4 is 5.64 Å². The Kier molecular flexibility index (Phi) is 67.1. The SMILES string of the molecule is CC.CC.C[SiH](C)[B]N.I.O=C(Cl)Cc1ccccc1.O=C(O)Cc1ccccc1.[I][V]([I])[I].[I][V][I]. The van der Waals surface area contributed by atoms with Gasteiger partial charge in [0.05, 0.1) is 6.42 Å². The zero-order valence-corrected chi connectivity index (χ0v) is 39.6. The summed E-state index contributed by atoms with van der Waals surface area (Å²) in [7, 11) is 1.94. The van der Waals surface area contributed by atoms with E-state index in [0.717, 1.165) is 11.1 Å². The van der Waals surface area contributed by atoms with Gasteiger partial charge >= 0.3 is 120 Å². The predicted octanol–water partition coefficient (Wildman–Crippen LogP) is 9.95. The van der Waals surface area contributed by atoms with Gasteiger partial charge in [0.2, 0.25) is 5.24 Å². The monoisotopic (exact) mass is 1300 g/mol. The molecule has 0 spiro atoms. The standard InChI is InChI=1S/C8H7ClO.C8H8O2.C2H9BNSi.2C2H6.6HI.2V/c2*9-8(10)6-7-4-2-1-3-5-7;1-5(2)3-4;2*1-2;;;;;;;;/h1-5H,6H2;1-5H,6H2,(H,9,10);5H,4H2,1-2H3;2*1-2H3;6*1H;;/q;;;;;;;;;;;+2;+3/p-5. The molecular formula is C22H37BClI6NO3SiV2. The molecule has 0 aliphatic carbocycles. The molecular weight excluding hydrogens is 1260 g/mol. The second-order valence-electron chi connectivity index (χ2n) is 5.77. The average Bonchev–Trinajstić information content (AvgIpc) is 2.83. The molecule has 0 bridgehead atoms. The zero-order valence-electron chi connectivity index (χ0n) is 21.8. The van der Waals surface area contributed by atoms with Crippen LogP contribution in [0.1, 0.15) is 38.8 Å². The van der Waals surface area contributed by atoms with Gasteiger partial charge in [0.15, 0.2) is 7.01 Å². The first-order valence-electron chi connectivity index (χ1n) is 10.7. The molecule has 0 unspecified atom stereocenters. The number of carbonyl (C=O) groups is 2. The molecule has 4 nitrogen and oxygen atoms in total. The summed E-state index contributed by atoms with van der Waals surface area (Å²) in [6, 6.07) is 18.6. The van der Waals surface area contributed by atoms with Gasteiger partial charge in [0, 0.05) is 15.1 Å². The number of rotatable bonds is 5. The third-order valence-electron chi connectivity index (χ3n) is 2.77. The van der Waals surface area contributed by atoms with Crippen LogP contribution in [0.5, 0.6) is 0 Å². The number of aliphatic carboxylic acids is 1. The van der Waals surface area contributed by atoms with E-state index in [2.05, 4.69) is 113 Å². The number of hydrogen-bond acceptors (Lipinski definition) is 3. The van der Waals surface area contributed by atoms with Crippen molar-refractivity contribution in [2.75, 3.05) is 0 Å². The van der Waals surface area contributed by atoms with Crippen molar-refractivity contribution >= 4 is 162 Å². The van der Waals surface area contributed by atoms with Crippen molar-refractivity contribution in [1.29, 1.82) is 0 Å². The van der Waals surface area contributed by atoms with Crippen LogP contribution >= 0.6 is 135 Å². The molecule has 0 saturated heterocycles. The third kappa shape index (κ3) is 63.9. The summed E-state index contributed by atoms with van der Waals surface area (Å²) in [5.41, 5.74) is 6.91. The van der Waals surface area contributed by atoms with Crippen LogP contribution in [-0.2, 0) is 36.8 Å². The van der Waals surface area contributed by atoms with Gasteiger partial charge in [0.1, 0.15) is 0 Å². The van der Waals surface area contributed by atoms with E-state index in [1.54, 1.807) is 19.1 Å². The van der Waals surface area contributed by atoms with E-state index < -0.39 is 14.6 Å². The minimum absolute atomic E-state index is 0. The van der Waals surface area contributed by atoms with E-state index in [1.165, 1.54) is 0 Å². The van der Waals surface area contributed by atoms with Gasteiger partial charge in [-0.2, -0.15) is 0 Å². The Morgan fingerprint density at radius 3 is 1.32 bits per heavy atom. The molecule has 2 aromatic rings. The maximum absolute atomic E-state index is 10.4. The summed E-state index contributed by atoms with van der Waals surface area (Å²) in [5.74, 6) is -0.786. The van der Waals surface area contributed by atoms with Gasteiger partial charge in [-0.1, -0.05) is 101 Å². The summed E-state index contributed by atoms with van der Waals surface area (Å²) < 4.78 is 0. The fraction of sp³-hybridized carbons (Fsp3) is 0.364. The molecule has 37 heavy (non-hydrogen) atoms. The number of carboxylic acids is 1. The van der Waals surface area contributed by atoms with Crippen molar-refractivity contribution in [1.82, 2.24) is 0 Å². The van der Waals surface area contributed by atoms with Crippen molar-refractivity contribution < 1.29 is 29.1 Å². The van der Waals surface area contributed by atoms with Crippen molar-refractivity contribution in [2.45, 2.75) is 53.6 Å². The van der Waals surface area contributed by atoms with Crippen LogP contribution in [-0.4, -0.2) is 32.0 Å². The summed E-state index contributed by atoms with van der Waals surface area (Å²) in [6.07, 6.45) is 0.434. The molecule has 0 aromatic heterocycles. The van der Waals surface area contributed by atoms with Crippen molar-refractivity contribution in [2.24, 2.45) is 5.64 Å². The molecule has 1 radical (unpaired) electrons. The van der Waals surface area contributed by atoms with Crippen molar-refractivity contribution in [3.8, 4) is 0 Å². The molecule has 2 rings (SSSR count). The Hall–Kier alpha value is 3.66. The summed E-state index contributed by atoms with van der Waals surface area (Å²) in [5, 5.41) is 8.05. The topological polar surface area (TPSA) is 80.4 Å². The average molecular weight is 1300 g/mol. The maximum atomic E-state index is 10.4. The second kappa shape index (κ2) is 46.6. The number of nitrogens with two attached hydrogens (primary N) is 1. The van der Waals surface area contributed by atoms with Crippen LogP contribution in [0.3, 0.4) is 0 Å². The van der Waals surface area contributed by atoms with Crippen molar-refractivity contribution in [3.63, 3.8) is 0 Å². The molecule has 0 aliphatic rings. The van der Waals surface area contributed by atoms with Gasteiger partial charge in [-0.3, -0.25) is 9.59 Å². The number of carboxylic acid groups (broad SMARTS) is 1. The molecule has 0 amide bonds. The van der Waals surface area contributed by atoms with Crippen LogP contribution in [0.4, 0.5) is 0 Å². The van der Waals surface area contributed by atoms with Crippen LogP contribution in [0.2, 0.25) is 13.1 Å². The Balaban J connectivity index is -0.0000000831. The Labute approximate surface area is 316 Å². The Morgan fingerprint density at radius 2 is 1.14 bits per heavy atom. The Bertz CT molecular complexity index is 650. The molecule has 0 fully saturated rings. The quantitative estimate of drug-likeness (QED) is 0.178. The summed E-state index contributed by atoms with van der Waals surface area (Å²) >= 11 is 17.3. The predicted molar refractivity (Wildman–Crippen MR) is 216 cm³/mol. The van der Waals surface area contributed by atoms with E-state index in [9.17, 15) is 9.59 Å². The van der Waals surface area contributed by atoms with Crippen LogP contribution in [0.25, 0.3) is 0 Å². The normalized spacial score (nSPS) is 7.86. The molecule has 15 heteroatoms. The number of benzene rings is 2. The molecule has 3 N–H and O–H groups in total. The number of halogens is 7. The second-order valence-corrected chi connectivity index (χ2v) is 56.2. The number of carbonyl (C=O) groups excluding carboxylic acids is 1. The first-order chi connectivity index (χ1) is 17.0. The van der Waals surface area contributed by atoms with E-state index in [0.29, 0.717) is 15.9 Å². The third-order valence-corrected chi connectivity index (χ3v) is 3.67. The van der Waals surface area contributed by atoms with Gasteiger partial charge in [0.25, 0.3) is 0 Å². The van der Waals surface area contributed by atoms with Gasteiger partial charge in [-0.15, -0.1) is 24.0 Å². The molecule has 0 heterocycles. The summed E-state index contributed by atoms with van der Waals surface area (Å²) in [4.78, 5) is 20.3. The van der Waals surface area contributed by atoms with Gasteiger partial charge < -0.3 is 10.8 Å². The molecule has 214 valence electrons. The van der Waals surface area contributed by atoms with Crippen LogP contribution in [0.15, 0.2) is 60.7 Å². The fourth-order valence-corrected chi connectivity index (χ4v) is 1.68. The fourth-order valence-electron chi connectivity index (χ4n) is 1.53. The molecule has 2 aromatic carbocycles. The van der Waals surface area contributed by atoms with Gasteiger partial charge in [-0.25, -0.2) is 0 Å². The first kappa shape index (κ1) is 53.2. The van der Waals surface area contributed by atoms with Crippen molar-refractivity contribution in [3.05, 3.63) is 71.8 Å². The minimum atomic E-state index is -0.786. The van der Waals surface area contributed by atoms with E-state index >= 15 is 0 Å². The summed E-state index contributed by atoms with van der Waals surface area (Å²) in [6.45, 7) is 12.4. The molecule has 0 aliphatic heterocycles. The number of hydrogen-bond donors (Lipinski definition) is 2. The molecule has 0 saturated carbocycles. The van der Waals surface area contributed by atoms with E-state index in [4.69, 9.17) is 22.4 Å². The molecule has 0 atom stereocenters. The van der Waals surface area contributed by atoms with Crippen LogP contribution in [0, 0.1) is 0 Å². The Morgan fingerprint density at radius 1 is 0.892 bits per heavy atom.